The lowest BCUT2D eigenvalue weighted by Crippen LogP contribution is -2.29. The number of hydrogen-bond donors (Lipinski definition) is 2. The van der Waals surface area contributed by atoms with Crippen LogP contribution in [0.15, 0.2) is 35.3 Å². The molecule has 22 heavy (non-hydrogen) atoms. The molecule has 0 amide bonds. The Balaban J connectivity index is 2.05. The van der Waals surface area contributed by atoms with Crippen LogP contribution in [0.25, 0.3) is 0 Å². The van der Waals surface area contributed by atoms with E-state index in [1.54, 1.807) is 6.92 Å². The van der Waals surface area contributed by atoms with Gasteiger partial charge in [0.05, 0.1) is 0 Å². The molecule has 0 aliphatic heterocycles. The highest BCUT2D eigenvalue weighted by molar-refractivity contribution is 5.66. The number of hydrogen-bond acceptors (Lipinski definition) is 4. The highest BCUT2D eigenvalue weighted by atomic mass is 16.4. The first-order valence-electron chi connectivity index (χ1n) is 7.05. The van der Waals surface area contributed by atoms with Crippen molar-refractivity contribution in [2.75, 3.05) is 11.9 Å². The summed E-state index contributed by atoms with van der Waals surface area (Å²) in [5, 5.41) is 11.8. The van der Waals surface area contributed by atoms with Gasteiger partial charge in [-0.05, 0) is 25.8 Å². The van der Waals surface area contributed by atoms with Gasteiger partial charge in [-0.25, -0.2) is 4.98 Å². The number of aryl methyl sites for hydroxylation is 2. The molecule has 0 saturated heterocycles. The van der Waals surface area contributed by atoms with Crippen molar-refractivity contribution in [1.29, 1.82) is 0 Å². The van der Waals surface area contributed by atoms with E-state index in [1.807, 2.05) is 31.2 Å². The summed E-state index contributed by atoms with van der Waals surface area (Å²) in [4.78, 5) is 27.1. The molecule has 0 unspecified atom stereocenters. The molecule has 2 N–H and O–H groups in total. The number of nitrogens with zero attached hydrogens (tertiary/aromatic N) is 2. The summed E-state index contributed by atoms with van der Waals surface area (Å²) in [6.07, 6.45) is 2.26. The molecule has 0 aliphatic rings. The standard InChI is InChI=1S/C16H19N3O3/c1-11-3-5-13(6-4-11)7-8-17-15-16(22)19(10-14(20)21)12(2)9-18-15/h3-6,9H,7-8,10H2,1-2H3,(H,17,18)(H,20,21). The SMILES string of the molecule is Cc1ccc(CCNc2ncc(C)n(CC(=O)O)c2=O)cc1. The van der Waals surface area contributed by atoms with Crippen molar-refractivity contribution in [3.63, 3.8) is 0 Å². The summed E-state index contributed by atoms with van der Waals surface area (Å²) < 4.78 is 1.20. The van der Waals surface area contributed by atoms with Gasteiger partial charge in [0.1, 0.15) is 6.54 Å². The summed E-state index contributed by atoms with van der Waals surface area (Å²) in [7, 11) is 0. The Bertz CT molecular complexity index is 720. The zero-order chi connectivity index (χ0) is 16.1. The molecule has 2 aromatic rings. The van der Waals surface area contributed by atoms with Gasteiger partial charge in [0.15, 0.2) is 5.82 Å². The van der Waals surface area contributed by atoms with Crippen LogP contribution in [0.2, 0.25) is 0 Å². The van der Waals surface area contributed by atoms with Gasteiger partial charge in [0, 0.05) is 18.4 Å². The molecule has 6 nitrogen and oxygen atoms in total. The van der Waals surface area contributed by atoms with Crippen LogP contribution in [0.3, 0.4) is 0 Å². The predicted octanol–water partition coefficient (Wildman–Crippen LogP) is 1.60. The maximum Gasteiger partial charge on any atom is 0.323 e. The Morgan fingerprint density at radius 3 is 2.59 bits per heavy atom. The molecule has 0 aliphatic carbocycles. The summed E-state index contributed by atoms with van der Waals surface area (Å²) in [6.45, 7) is 3.89. The fraction of sp³-hybridized carbons (Fsp3) is 0.312. The van der Waals surface area contributed by atoms with E-state index in [4.69, 9.17) is 5.11 Å². The van der Waals surface area contributed by atoms with Crippen molar-refractivity contribution in [2.24, 2.45) is 0 Å². The van der Waals surface area contributed by atoms with Crippen LogP contribution in [-0.4, -0.2) is 27.2 Å². The van der Waals surface area contributed by atoms with E-state index in [1.165, 1.54) is 16.3 Å². The summed E-state index contributed by atoms with van der Waals surface area (Å²) in [6, 6.07) is 8.17. The maximum absolute atomic E-state index is 12.2. The van der Waals surface area contributed by atoms with Gasteiger partial charge in [-0.15, -0.1) is 0 Å². The minimum absolute atomic E-state index is 0.180. The molecule has 2 rings (SSSR count). The second-order valence-electron chi connectivity index (χ2n) is 5.20. The van der Waals surface area contributed by atoms with Crippen LogP contribution in [0, 0.1) is 13.8 Å². The van der Waals surface area contributed by atoms with Crippen molar-refractivity contribution in [2.45, 2.75) is 26.8 Å². The third-order valence-corrected chi connectivity index (χ3v) is 3.37. The molecular weight excluding hydrogens is 282 g/mol. The normalized spacial score (nSPS) is 10.5. The second kappa shape index (κ2) is 6.89. The topological polar surface area (TPSA) is 84.2 Å². The van der Waals surface area contributed by atoms with Gasteiger partial charge in [-0.2, -0.15) is 0 Å². The molecule has 1 heterocycles. The highest BCUT2D eigenvalue weighted by Crippen LogP contribution is 2.04. The van der Waals surface area contributed by atoms with Crippen LogP contribution >= 0.6 is 0 Å². The van der Waals surface area contributed by atoms with Crippen LogP contribution in [0.4, 0.5) is 5.82 Å². The van der Waals surface area contributed by atoms with Crippen LogP contribution < -0.4 is 10.9 Å². The Hall–Kier alpha value is -2.63. The number of rotatable bonds is 6. The third-order valence-electron chi connectivity index (χ3n) is 3.37. The number of aromatic nitrogens is 2. The molecule has 0 atom stereocenters. The van der Waals surface area contributed by atoms with Gasteiger partial charge in [-0.1, -0.05) is 29.8 Å². The molecule has 6 heteroatoms. The van der Waals surface area contributed by atoms with Gasteiger partial charge in [0.25, 0.3) is 5.56 Å². The number of carbonyl (C=O) groups is 1. The minimum Gasteiger partial charge on any atom is -0.480 e. The smallest absolute Gasteiger partial charge is 0.323 e. The quantitative estimate of drug-likeness (QED) is 0.846. The number of carboxylic acids is 1. The summed E-state index contributed by atoms with van der Waals surface area (Å²) >= 11 is 0. The third kappa shape index (κ3) is 3.94. The van der Waals surface area contributed by atoms with E-state index in [2.05, 4.69) is 10.3 Å². The zero-order valence-electron chi connectivity index (χ0n) is 12.7. The van der Waals surface area contributed by atoms with E-state index in [9.17, 15) is 9.59 Å². The van der Waals surface area contributed by atoms with E-state index in [-0.39, 0.29) is 12.4 Å². The molecule has 0 radical (unpaired) electrons. The lowest BCUT2D eigenvalue weighted by molar-refractivity contribution is -0.137. The Kier molecular flexibility index (Phi) is 4.93. The average molecular weight is 301 g/mol. The average Bonchev–Trinajstić information content (AvgIpc) is 2.47. The molecule has 1 aromatic heterocycles. The largest absolute Gasteiger partial charge is 0.480 e. The summed E-state index contributed by atoms with van der Waals surface area (Å²) in [5.74, 6) is -0.874. The molecule has 116 valence electrons. The van der Waals surface area contributed by atoms with E-state index in [0.717, 1.165) is 12.0 Å². The predicted molar refractivity (Wildman–Crippen MR) is 84.2 cm³/mol. The molecule has 0 saturated carbocycles. The first kappa shape index (κ1) is 15.8. The van der Waals surface area contributed by atoms with Crippen molar-refractivity contribution >= 4 is 11.8 Å². The molecular formula is C16H19N3O3. The van der Waals surface area contributed by atoms with Crippen LogP contribution in [0.1, 0.15) is 16.8 Å². The second-order valence-corrected chi connectivity index (χ2v) is 5.20. The van der Waals surface area contributed by atoms with Gasteiger partial charge < -0.3 is 10.4 Å². The van der Waals surface area contributed by atoms with E-state index in [0.29, 0.717) is 12.2 Å². The van der Waals surface area contributed by atoms with Crippen molar-refractivity contribution in [3.8, 4) is 0 Å². The lowest BCUT2D eigenvalue weighted by Gasteiger charge is -2.10. The first-order valence-corrected chi connectivity index (χ1v) is 7.05. The molecule has 1 aromatic carbocycles. The van der Waals surface area contributed by atoms with Crippen LogP contribution in [-0.2, 0) is 17.8 Å². The van der Waals surface area contributed by atoms with Gasteiger partial charge in [-0.3, -0.25) is 14.2 Å². The molecule has 0 fully saturated rings. The van der Waals surface area contributed by atoms with Gasteiger partial charge >= 0.3 is 5.97 Å². The Labute approximate surface area is 128 Å². The molecule has 0 bridgehead atoms. The van der Waals surface area contributed by atoms with Gasteiger partial charge in [0.2, 0.25) is 0 Å². The monoisotopic (exact) mass is 301 g/mol. The highest BCUT2D eigenvalue weighted by Gasteiger charge is 2.10. The maximum atomic E-state index is 12.2. The fourth-order valence-electron chi connectivity index (χ4n) is 2.10. The fourth-order valence-corrected chi connectivity index (χ4v) is 2.10. The minimum atomic E-state index is -1.05. The lowest BCUT2D eigenvalue weighted by atomic mass is 10.1. The Morgan fingerprint density at radius 2 is 1.95 bits per heavy atom. The van der Waals surface area contributed by atoms with Crippen LogP contribution in [0.5, 0.6) is 0 Å². The van der Waals surface area contributed by atoms with Crippen molar-refractivity contribution < 1.29 is 9.90 Å². The number of anilines is 1. The van der Waals surface area contributed by atoms with E-state index >= 15 is 0 Å². The first-order chi connectivity index (χ1) is 10.5. The van der Waals surface area contributed by atoms with E-state index < -0.39 is 11.5 Å². The zero-order valence-corrected chi connectivity index (χ0v) is 12.7. The Morgan fingerprint density at radius 1 is 1.27 bits per heavy atom. The van der Waals surface area contributed by atoms with Crippen molar-refractivity contribution in [3.05, 3.63) is 57.6 Å². The number of carboxylic acid groups (broad SMARTS) is 1. The molecule has 0 spiro atoms. The van der Waals surface area contributed by atoms with Crippen molar-refractivity contribution in [1.82, 2.24) is 9.55 Å². The summed E-state index contributed by atoms with van der Waals surface area (Å²) in [5.41, 5.74) is 2.48. The number of aliphatic carboxylic acids is 1. The number of nitrogens with one attached hydrogen (secondary N) is 1. The number of benzene rings is 1.